The third-order valence-electron chi connectivity index (χ3n) is 4.81. The first-order valence-corrected chi connectivity index (χ1v) is 9.22. The van der Waals surface area contributed by atoms with Gasteiger partial charge in [0.2, 0.25) is 5.91 Å². The fourth-order valence-corrected chi connectivity index (χ4v) is 3.30. The van der Waals surface area contributed by atoms with Crippen LogP contribution in [0.1, 0.15) is 12.2 Å². The summed E-state index contributed by atoms with van der Waals surface area (Å²) in [5, 5.41) is 0. The number of benzene rings is 1. The molecule has 1 aliphatic heterocycles. The SMILES string of the molecule is O=C(CCc1ccc(-c2ccccc2)o1)N1CCN(c2cnccn2)CC1. The van der Waals surface area contributed by atoms with Gasteiger partial charge in [-0.05, 0) is 12.1 Å². The van der Waals surface area contributed by atoms with Gasteiger partial charge in [0.15, 0.2) is 0 Å². The molecule has 0 radical (unpaired) electrons. The van der Waals surface area contributed by atoms with Gasteiger partial charge in [0.1, 0.15) is 17.3 Å². The Labute approximate surface area is 158 Å². The summed E-state index contributed by atoms with van der Waals surface area (Å²) < 4.78 is 5.89. The van der Waals surface area contributed by atoms with E-state index in [1.807, 2.05) is 47.4 Å². The Morgan fingerprint density at radius 2 is 1.81 bits per heavy atom. The molecule has 0 N–H and O–H groups in total. The molecule has 3 heterocycles. The Morgan fingerprint density at radius 3 is 2.56 bits per heavy atom. The molecule has 1 amide bonds. The Balaban J connectivity index is 1.27. The number of aryl methyl sites for hydroxylation is 1. The van der Waals surface area contributed by atoms with E-state index in [1.54, 1.807) is 18.6 Å². The van der Waals surface area contributed by atoms with Crippen molar-refractivity contribution in [3.63, 3.8) is 0 Å². The fraction of sp³-hybridized carbons (Fsp3) is 0.286. The maximum absolute atomic E-state index is 12.5. The summed E-state index contributed by atoms with van der Waals surface area (Å²) in [4.78, 5) is 25.0. The zero-order valence-corrected chi connectivity index (χ0v) is 15.1. The molecular weight excluding hydrogens is 340 g/mol. The summed E-state index contributed by atoms with van der Waals surface area (Å²) in [6.07, 6.45) is 6.21. The van der Waals surface area contributed by atoms with Crippen molar-refractivity contribution in [3.8, 4) is 11.3 Å². The molecule has 138 valence electrons. The Bertz CT molecular complexity index is 871. The molecule has 4 rings (SSSR count). The zero-order chi connectivity index (χ0) is 18.5. The number of hydrogen-bond donors (Lipinski definition) is 0. The van der Waals surface area contributed by atoms with Crippen molar-refractivity contribution in [1.29, 1.82) is 0 Å². The monoisotopic (exact) mass is 362 g/mol. The highest BCUT2D eigenvalue weighted by Gasteiger charge is 2.22. The molecule has 0 atom stereocenters. The van der Waals surface area contributed by atoms with Gasteiger partial charge in [-0.15, -0.1) is 0 Å². The van der Waals surface area contributed by atoms with E-state index in [2.05, 4.69) is 14.9 Å². The highest BCUT2D eigenvalue weighted by atomic mass is 16.3. The summed E-state index contributed by atoms with van der Waals surface area (Å²) in [7, 11) is 0. The molecule has 0 spiro atoms. The number of carbonyl (C=O) groups is 1. The maximum atomic E-state index is 12.5. The molecule has 0 bridgehead atoms. The van der Waals surface area contributed by atoms with Crippen molar-refractivity contribution >= 4 is 11.7 Å². The summed E-state index contributed by atoms with van der Waals surface area (Å²) in [5.41, 5.74) is 1.05. The number of rotatable bonds is 5. The lowest BCUT2D eigenvalue weighted by Gasteiger charge is -2.35. The van der Waals surface area contributed by atoms with E-state index in [1.165, 1.54) is 0 Å². The molecule has 1 aromatic carbocycles. The van der Waals surface area contributed by atoms with Gasteiger partial charge in [-0.1, -0.05) is 30.3 Å². The van der Waals surface area contributed by atoms with Crippen LogP contribution in [0.25, 0.3) is 11.3 Å². The van der Waals surface area contributed by atoms with E-state index in [9.17, 15) is 4.79 Å². The van der Waals surface area contributed by atoms with Crippen molar-refractivity contribution in [2.75, 3.05) is 31.1 Å². The lowest BCUT2D eigenvalue weighted by atomic mass is 10.2. The zero-order valence-electron chi connectivity index (χ0n) is 15.1. The topological polar surface area (TPSA) is 62.5 Å². The summed E-state index contributed by atoms with van der Waals surface area (Å²) in [6, 6.07) is 13.9. The highest BCUT2D eigenvalue weighted by Crippen LogP contribution is 2.22. The minimum absolute atomic E-state index is 0.173. The van der Waals surface area contributed by atoms with E-state index in [0.717, 1.165) is 36.0 Å². The quantitative estimate of drug-likeness (QED) is 0.698. The number of furan rings is 1. The average molecular weight is 362 g/mol. The number of aromatic nitrogens is 2. The van der Waals surface area contributed by atoms with E-state index < -0.39 is 0 Å². The van der Waals surface area contributed by atoms with Crippen LogP contribution >= 0.6 is 0 Å². The molecular formula is C21H22N4O2. The van der Waals surface area contributed by atoms with Gasteiger partial charge >= 0.3 is 0 Å². The molecule has 6 nitrogen and oxygen atoms in total. The number of piperazine rings is 1. The van der Waals surface area contributed by atoms with Crippen LogP contribution < -0.4 is 4.90 Å². The molecule has 2 aromatic heterocycles. The normalized spacial score (nSPS) is 14.4. The van der Waals surface area contributed by atoms with Gasteiger partial charge in [0.25, 0.3) is 0 Å². The van der Waals surface area contributed by atoms with Gasteiger partial charge < -0.3 is 14.2 Å². The van der Waals surface area contributed by atoms with Crippen LogP contribution in [0, 0.1) is 0 Å². The highest BCUT2D eigenvalue weighted by molar-refractivity contribution is 5.76. The smallest absolute Gasteiger partial charge is 0.223 e. The van der Waals surface area contributed by atoms with E-state index in [-0.39, 0.29) is 5.91 Å². The molecule has 1 saturated heterocycles. The van der Waals surface area contributed by atoms with Crippen molar-refractivity contribution in [1.82, 2.24) is 14.9 Å². The third kappa shape index (κ3) is 4.16. The van der Waals surface area contributed by atoms with Gasteiger partial charge in [0.05, 0.1) is 6.20 Å². The van der Waals surface area contributed by atoms with Crippen molar-refractivity contribution < 1.29 is 9.21 Å². The van der Waals surface area contributed by atoms with Crippen molar-refractivity contribution in [2.24, 2.45) is 0 Å². The number of hydrogen-bond acceptors (Lipinski definition) is 5. The van der Waals surface area contributed by atoms with Crippen LogP contribution in [0.4, 0.5) is 5.82 Å². The first-order chi connectivity index (χ1) is 13.3. The molecule has 0 unspecified atom stereocenters. The van der Waals surface area contributed by atoms with Gasteiger partial charge in [0, 0.05) is 57.0 Å². The largest absolute Gasteiger partial charge is 0.461 e. The van der Waals surface area contributed by atoms with E-state index in [4.69, 9.17) is 4.42 Å². The summed E-state index contributed by atoms with van der Waals surface area (Å²) in [5.74, 6) is 2.73. The number of nitrogens with zero attached hydrogens (tertiary/aromatic N) is 4. The van der Waals surface area contributed by atoms with Gasteiger partial charge in [-0.2, -0.15) is 0 Å². The number of anilines is 1. The van der Waals surface area contributed by atoms with Crippen molar-refractivity contribution in [2.45, 2.75) is 12.8 Å². The summed E-state index contributed by atoms with van der Waals surface area (Å²) in [6.45, 7) is 2.98. The molecule has 3 aromatic rings. The standard InChI is InChI=1S/C21H22N4O2/c26-21(25-14-12-24(13-15-25)20-16-22-10-11-23-20)9-7-18-6-8-19(27-18)17-4-2-1-3-5-17/h1-6,8,10-11,16H,7,9,12-15H2. The second kappa shape index (κ2) is 8.03. The van der Waals surface area contributed by atoms with Gasteiger partial charge in [-0.25, -0.2) is 4.98 Å². The minimum atomic E-state index is 0.173. The first kappa shape index (κ1) is 17.3. The molecule has 1 fully saturated rings. The molecule has 27 heavy (non-hydrogen) atoms. The van der Waals surface area contributed by atoms with Crippen LogP contribution in [0.2, 0.25) is 0 Å². The second-order valence-corrected chi connectivity index (χ2v) is 6.56. The lowest BCUT2D eigenvalue weighted by molar-refractivity contribution is -0.131. The Kier molecular flexibility index (Phi) is 5.14. The third-order valence-corrected chi connectivity index (χ3v) is 4.81. The predicted octanol–water partition coefficient (Wildman–Crippen LogP) is 3.02. The number of carbonyl (C=O) groups excluding carboxylic acids is 1. The van der Waals surface area contributed by atoms with Crippen LogP contribution in [0.5, 0.6) is 0 Å². The van der Waals surface area contributed by atoms with E-state index >= 15 is 0 Å². The second-order valence-electron chi connectivity index (χ2n) is 6.56. The molecule has 0 saturated carbocycles. The Morgan fingerprint density at radius 1 is 1.00 bits per heavy atom. The van der Waals surface area contributed by atoms with Crippen LogP contribution in [0.3, 0.4) is 0 Å². The first-order valence-electron chi connectivity index (χ1n) is 9.22. The van der Waals surface area contributed by atoms with Gasteiger partial charge in [-0.3, -0.25) is 9.78 Å². The van der Waals surface area contributed by atoms with E-state index in [0.29, 0.717) is 25.9 Å². The average Bonchev–Trinajstić information content (AvgIpc) is 3.22. The molecule has 6 heteroatoms. The predicted molar refractivity (Wildman–Crippen MR) is 103 cm³/mol. The van der Waals surface area contributed by atoms with Crippen LogP contribution in [-0.2, 0) is 11.2 Å². The summed E-state index contributed by atoms with van der Waals surface area (Å²) >= 11 is 0. The molecule has 0 aliphatic carbocycles. The lowest BCUT2D eigenvalue weighted by Crippen LogP contribution is -2.49. The van der Waals surface area contributed by atoms with Crippen molar-refractivity contribution in [3.05, 3.63) is 66.8 Å². The van der Waals surface area contributed by atoms with Crippen LogP contribution in [-0.4, -0.2) is 47.0 Å². The Hall–Kier alpha value is -3.15. The minimum Gasteiger partial charge on any atom is -0.461 e. The maximum Gasteiger partial charge on any atom is 0.223 e. The molecule has 1 aliphatic rings. The fourth-order valence-electron chi connectivity index (χ4n) is 3.30. The van der Waals surface area contributed by atoms with Crippen LogP contribution in [0.15, 0.2) is 65.5 Å². The number of amides is 1.